The molecule has 1 aliphatic rings. The van der Waals surface area contributed by atoms with Crippen molar-refractivity contribution in [1.29, 1.82) is 0 Å². The van der Waals surface area contributed by atoms with Gasteiger partial charge in [0.05, 0.1) is 24.6 Å². The monoisotopic (exact) mass is 450 g/mol. The number of hydrogen-bond acceptors (Lipinski definition) is 6. The molecule has 1 fully saturated rings. The maximum Gasteiger partial charge on any atom is 0.418 e. The summed E-state index contributed by atoms with van der Waals surface area (Å²) in [7, 11) is 1.52. The minimum Gasteiger partial charge on any atom is -0.496 e. The third-order valence-electron chi connectivity index (χ3n) is 4.14. The molecule has 1 atom stereocenters. The Kier molecular flexibility index (Phi) is 6.95. The molecule has 0 radical (unpaired) electrons. The summed E-state index contributed by atoms with van der Waals surface area (Å²) in [5, 5.41) is 11.9. The Morgan fingerprint density at radius 1 is 1.23 bits per heavy atom. The van der Waals surface area contributed by atoms with E-state index >= 15 is 0 Å². The van der Waals surface area contributed by atoms with Crippen molar-refractivity contribution in [3.05, 3.63) is 59.7 Å². The van der Waals surface area contributed by atoms with E-state index in [4.69, 9.17) is 4.74 Å². The van der Waals surface area contributed by atoms with Crippen molar-refractivity contribution < 1.29 is 27.5 Å². The fraction of sp³-hybridized carbons (Fsp3) is 0.200. The summed E-state index contributed by atoms with van der Waals surface area (Å²) in [6.07, 6.45) is -3.48. The van der Waals surface area contributed by atoms with Gasteiger partial charge in [-0.3, -0.25) is 9.59 Å². The molecule has 31 heavy (non-hydrogen) atoms. The summed E-state index contributed by atoms with van der Waals surface area (Å²) in [5.74, 6) is -0.595. The Morgan fingerprint density at radius 2 is 1.94 bits per heavy atom. The van der Waals surface area contributed by atoms with E-state index in [1.807, 2.05) is 0 Å². The average Bonchev–Trinajstić information content (AvgIpc) is 3.07. The van der Waals surface area contributed by atoms with Gasteiger partial charge < -0.3 is 15.4 Å². The Balaban J connectivity index is 1.62. The first-order valence-electron chi connectivity index (χ1n) is 8.95. The van der Waals surface area contributed by atoms with Gasteiger partial charge >= 0.3 is 6.18 Å². The van der Waals surface area contributed by atoms with Crippen LogP contribution in [0.25, 0.3) is 0 Å². The van der Waals surface area contributed by atoms with E-state index in [0.717, 1.165) is 23.9 Å². The summed E-state index contributed by atoms with van der Waals surface area (Å²) >= 11 is 0.974. The zero-order valence-corrected chi connectivity index (χ0v) is 17.0. The number of amides is 2. The number of anilines is 1. The number of hydrogen-bond donors (Lipinski definition) is 2. The number of ether oxygens (including phenoxy) is 1. The molecule has 11 heteroatoms. The normalized spacial score (nSPS) is 17.7. The molecule has 2 aromatic carbocycles. The summed E-state index contributed by atoms with van der Waals surface area (Å²) in [6.45, 7) is 0. The second-order valence-corrected chi connectivity index (χ2v) is 7.47. The van der Waals surface area contributed by atoms with Crippen molar-refractivity contribution in [2.45, 2.75) is 17.8 Å². The lowest BCUT2D eigenvalue weighted by Gasteiger charge is -2.14. The fourth-order valence-corrected chi connectivity index (χ4v) is 3.64. The molecule has 1 aliphatic heterocycles. The summed E-state index contributed by atoms with van der Waals surface area (Å²) < 4.78 is 44.3. The second-order valence-electron chi connectivity index (χ2n) is 6.28. The van der Waals surface area contributed by atoms with Gasteiger partial charge in [0.1, 0.15) is 11.0 Å². The van der Waals surface area contributed by atoms with Crippen LogP contribution in [0.3, 0.4) is 0 Å². The molecule has 0 spiro atoms. The van der Waals surface area contributed by atoms with Crippen LogP contribution in [0.1, 0.15) is 17.5 Å². The molecule has 7 nitrogen and oxygen atoms in total. The van der Waals surface area contributed by atoms with Crippen molar-refractivity contribution in [3.8, 4) is 5.75 Å². The lowest BCUT2D eigenvalue weighted by Crippen LogP contribution is -2.28. The van der Waals surface area contributed by atoms with Gasteiger partial charge in [0.15, 0.2) is 5.17 Å². The number of thioether (sulfide) groups is 1. The molecular weight excluding hydrogens is 433 g/mol. The van der Waals surface area contributed by atoms with Crippen molar-refractivity contribution in [1.82, 2.24) is 5.32 Å². The lowest BCUT2D eigenvalue weighted by molar-refractivity contribution is -0.137. The van der Waals surface area contributed by atoms with Gasteiger partial charge in [-0.25, -0.2) is 0 Å². The largest absolute Gasteiger partial charge is 0.496 e. The number of alkyl halides is 3. The Morgan fingerprint density at radius 3 is 2.68 bits per heavy atom. The maximum absolute atomic E-state index is 13.0. The number of benzene rings is 2. The van der Waals surface area contributed by atoms with Crippen molar-refractivity contribution in [2.75, 3.05) is 12.4 Å². The van der Waals surface area contributed by atoms with E-state index < -0.39 is 28.8 Å². The molecule has 1 heterocycles. The highest BCUT2D eigenvalue weighted by molar-refractivity contribution is 8.15. The zero-order valence-electron chi connectivity index (χ0n) is 16.1. The molecule has 2 N–H and O–H groups in total. The molecule has 0 unspecified atom stereocenters. The van der Waals surface area contributed by atoms with Crippen LogP contribution in [-0.4, -0.2) is 35.6 Å². The molecule has 2 amide bonds. The molecule has 162 valence electrons. The smallest absolute Gasteiger partial charge is 0.418 e. The number of halogens is 3. The molecule has 0 saturated carbocycles. The minimum atomic E-state index is -4.61. The van der Waals surface area contributed by atoms with Crippen LogP contribution < -0.4 is 15.4 Å². The first-order chi connectivity index (χ1) is 14.8. The molecule has 0 aliphatic carbocycles. The van der Waals surface area contributed by atoms with Crippen LogP contribution in [0.15, 0.2) is 58.7 Å². The second kappa shape index (κ2) is 9.65. The number of carbonyl (C=O) groups is 2. The molecule has 0 bridgehead atoms. The number of para-hydroxylation sites is 2. The van der Waals surface area contributed by atoms with Gasteiger partial charge in [0.25, 0.3) is 0 Å². The number of nitrogens with one attached hydrogen (secondary N) is 2. The summed E-state index contributed by atoms with van der Waals surface area (Å²) in [5.41, 5.74) is -0.638. The van der Waals surface area contributed by atoms with E-state index in [9.17, 15) is 22.8 Å². The highest BCUT2D eigenvalue weighted by Crippen LogP contribution is 2.34. The van der Waals surface area contributed by atoms with Crippen LogP contribution >= 0.6 is 11.8 Å². The Labute approximate surface area is 179 Å². The summed E-state index contributed by atoms with van der Waals surface area (Å²) in [6, 6.07) is 11.8. The standard InChI is InChI=1S/C20H17F3N4O3S/c1-30-15-9-5-2-6-12(15)11-24-27-19-26-18(29)16(31-19)10-17(28)25-14-8-4-3-7-13(14)20(21,22)23/h2-9,11,16H,10H2,1H3,(H,25,28)(H,26,27,29)/t16-/m0/s1. The number of carbonyl (C=O) groups excluding carboxylic acids is 2. The third kappa shape index (κ3) is 5.85. The van der Waals surface area contributed by atoms with Crippen LogP contribution in [0.2, 0.25) is 0 Å². The highest BCUT2D eigenvalue weighted by Gasteiger charge is 2.35. The van der Waals surface area contributed by atoms with Crippen LogP contribution in [-0.2, 0) is 15.8 Å². The van der Waals surface area contributed by atoms with E-state index in [2.05, 4.69) is 20.8 Å². The molecule has 2 aromatic rings. The van der Waals surface area contributed by atoms with Gasteiger partial charge in [-0.15, -0.1) is 5.10 Å². The quantitative estimate of drug-likeness (QED) is 0.519. The lowest BCUT2D eigenvalue weighted by atomic mass is 10.1. The first-order valence-corrected chi connectivity index (χ1v) is 9.83. The average molecular weight is 450 g/mol. The first kappa shape index (κ1) is 22.3. The fourth-order valence-electron chi connectivity index (χ4n) is 2.71. The SMILES string of the molecule is COc1ccccc1C=NN=C1NC(=O)[C@H](CC(=O)Nc2ccccc2C(F)(F)F)S1. The number of nitrogens with zero attached hydrogens (tertiary/aromatic N) is 2. The zero-order chi connectivity index (χ0) is 22.4. The van der Waals surface area contributed by atoms with Crippen molar-refractivity contribution in [3.63, 3.8) is 0 Å². The van der Waals surface area contributed by atoms with Crippen LogP contribution in [0.5, 0.6) is 5.75 Å². The predicted octanol–water partition coefficient (Wildman–Crippen LogP) is 3.66. The molecule has 3 rings (SSSR count). The highest BCUT2D eigenvalue weighted by atomic mass is 32.2. The van der Waals surface area contributed by atoms with Gasteiger partial charge in [-0.05, 0) is 24.3 Å². The van der Waals surface area contributed by atoms with Crippen molar-refractivity contribution in [2.24, 2.45) is 10.2 Å². The number of rotatable bonds is 6. The Bertz CT molecular complexity index is 1040. The van der Waals surface area contributed by atoms with Crippen molar-refractivity contribution >= 4 is 40.6 Å². The van der Waals surface area contributed by atoms with Crippen LogP contribution in [0.4, 0.5) is 18.9 Å². The number of methoxy groups -OCH3 is 1. The van der Waals surface area contributed by atoms with E-state index in [0.29, 0.717) is 11.3 Å². The van der Waals surface area contributed by atoms with Crippen LogP contribution in [0, 0.1) is 0 Å². The molecule has 1 saturated heterocycles. The van der Waals surface area contributed by atoms with Gasteiger partial charge in [0.2, 0.25) is 11.8 Å². The van der Waals surface area contributed by atoms with Gasteiger partial charge in [0, 0.05) is 12.0 Å². The molecular formula is C20H17F3N4O3S. The Hall–Kier alpha value is -3.34. The number of amidine groups is 1. The van der Waals surface area contributed by atoms with Gasteiger partial charge in [-0.1, -0.05) is 36.0 Å². The van der Waals surface area contributed by atoms with E-state index in [1.54, 1.807) is 24.3 Å². The van der Waals surface area contributed by atoms with E-state index in [-0.39, 0.29) is 17.3 Å². The van der Waals surface area contributed by atoms with Gasteiger partial charge in [-0.2, -0.15) is 18.3 Å². The topological polar surface area (TPSA) is 92.2 Å². The maximum atomic E-state index is 13.0. The predicted molar refractivity (Wildman–Crippen MR) is 112 cm³/mol. The molecule has 0 aromatic heterocycles. The third-order valence-corrected chi connectivity index (χ3v) is 5.21. The summed E-state index contributed by atoms with van der Waals surface area (Å²) in [4.78, 5) is 24.3. The minimum absolute atomic E-state index is 0.185. The van der Waals surface area contributed by atoms with E-state index in [1.165, 1.54) is 25.5 Å².